The Morgan fingerprint density at radius 2 is 1.94 bits per heavy atom. The summed E-state index contributed by atoms with van der Waals surface area (Å²) < 4.78 is 11.2. The van der Waals surface area contributed by atoms with Gasteiger partial charge in [0.1, 0.15) is 11.9 Å². The van der Waals surface area contributed by atoms with Crippen LogP contribution < -0.4 is 4.74 Å². The van der Waals surface area contributed by atoms with E-state index in [4.69, 9.17) is 9.47 Å². The Morgan fingerprint density at radius 3 is 2.56 bits per heavy atom. The van der Waals surface area contributed by atoms with Crippen LogP contribution in [0.2, 0.25) is 0 Å². The lowest BCUT2D eigenvalue weighted by molar-refractivity contribution is -0.130. The number of hydrogen-bond acceptors (Lipinski definition) is 3. The van der Waals surface area contributed by atoms with Gasteiger partial charge < -0.3 is 9.47 Å². The van der Waals surface area contributed by atoms with Crippen molar-refractivity contribution < 1.29 is 14.3 Å². The number of ketones is 1. The van der Waals surface area contributed by atoms with Crippen LogP contribution >= 0.6 is 0 Å². The van der Waals surface area contributed by atoms with Crippen molar-refractivity contribution in [3.8, 4) is 5.75 Å². The van der Waals surface area contributed by atoms with Crippen molar-refractivity contribution in [2.45, 2.75) is 39.7 Å². The van der Waals surface area contributed by atoms with Crippen molar-refractivity contribution >= 4 is 5.78 Å². The van der Waals surface area contributed by atoms with E-state index in [1.165, 1.54) is 0 Å². The van der Waals surface area contributed by atoms with Gasteiger partial charge in [-0.3, -0.25) is 4.79 Å². The average Bonchev–Trinajstić information content (AvgIpc) is 2.40. The van der Waals surface area contributed by atoms with Crippen molar-refractivity contribution in [1.29, 1.82) is 0 Å². The maximum absolute atomic E-state index is 12.0. The van der Waals surface area contributed by atoms with Gasteiger partial charge in [-0.15, -0.1) is 0 Å². The number of hydrogen-bond donors (Lipinski definition) is 0. The molecule has 0 amide bonds. The smallest absolute Gasteiger partial charge is 0.165 e. The molecule has 0 aliphatic heterocycles. The van der Waals surface area contributed by atoms with E-state index >= 15 is 0 Å². The first-order valence-electron chi connectivity index (χ1n) is 6.60. The average molecular weight is 250 g/mol. The minimum atomic E-state index is -0.502. The number of para-hydroxylation sites is 1. The SMILES string of the molecule is CCCOC(C(=O)CC)c1ccccc1OCC. The van der Waals surface area contributed by atoms with Gasteiger partial charge in [0.15, 0.2) is 5.78 Å². The van der Waals surface area contributed by atoms with Gasteiger partial charge in [-0.1, -0.05) is 32.0 Å². The zero-order valence-corrected chi connectivity index (χ0v) is 11.4. The van der Waals surface area contributed by atoms with E-state index in [1.807, 2.05) is 45.0 Å². The van der Waals surface area contributed by atoms with Gasteiger partial charge in [0.2, 0.25) is 0 Å². The second-order valence-electron chi connectivity index (χ2n) is 4.04. The molecule has 100 valence electrons. The molecule has 0 saturated carbocycles. The number of ether oxygens (including phenoxy) is 2. The van der Waals surface area contributed by atoms with Crippen molar-refractivity contribution in [2.75, 3.05) is 13.2 Å². The molecule has 1 unspecified atom stereocenters. The fourth-order valence-corrected chi connectivity index (χ4v) is 1.76. The van der Waals surface area contributed by atoms with Crippen LogP contribution in [0.1, 0.15) is 45.3 Å². The zero-order valence-electron chi connectivity index (χ0n) is 11.4. The normalized spacial score (nSPS) is 12.2. The Kier molecular flexibility index (Phi) is 6.44. The number of rotatable bonds is 8. The fraction of sp³-hybridized carbons (Fsp3) is 0.533. The van der Waals surface area contributed by atoms with Crippen LogP contribution in [0.4, 0.5) is 0 Å². The van der Waals surface area contributed by atoms with Gasteiger partial charge in [-0.2, -0.15) is 0 Å². The van der Waals surface area contributed by atoms with E-state index in [0.29, 0.717) is 19.6 Å². The highest BCUT2D eigenvalue weighted by molar-refractivity contribution is 5.84. The maximum Gasteiger partial charge on any atom is 0.165 e. The molecule has 0 bridgehead atoms. The van der Waals surface area contributed by atoms with Gasteiger partial charge in [0.25, 0.3) is 0 Å². The highest BCUT2D eigenvalue weighted by Crippen LogP contribution is 2.29. The topological polar surface area (TPSA) is 35.5 Å². The minimum absolute atomic E-state index is 0.0932. The molecule has 18 heavy (non-hydrogen) atoms. The summed E-state index contributed by atoms with van der Waals surface area (Å²) in [5.41, 5.74) is 0.833. The number of carbonyl (C=O) groups is 1. The molecule has 0 aliphatic carbocycles. The number of benzene rings is 1. The summed E-state index contributed by atoms with van der Waals surface area (Å²) in [6.07, 6.45) is 0.858. The van der Waals surface area contributed by atoms with Crippen molar-refractivity contribution in [3.05, 3.63) is 29.8 Å². The van der Waals surface area contributed by atoms with E-state index in [1.54, 1.807) is 0 Å². The van der Waals surface area contributed by atoms with E-state index in [9.17, 15) is 4.79 Å². The Balaban J connectivity index is 2.99. The summed E-state index contributed by atoms with van der Waals surface area (Å²) >= 11 is 0. The summed E-state index contributed by atoms with van der Waals surface area (Å²) in [4.78, 5) is 12.0. The summed E-state index contributed by atoms with van der Waals surface area (Å²) in [6, 6.07) is 7.59. The van der Waals surface area contributed by atoms with Gasteiger partial charge >= 0.3 is 0 Å². The molecule has 0 aromatic heterocycles. The molecule has 0 fully saturated rings. The Bertz CT molecular complexity index is 374. The fourth-order valence-electron chi connectivity index (χ4n) is 1.76. The molecule has 1 aromatic rings. The first-order valence-corrected chi connectivity index (χ1v) is 6.60. The predicted molar refractivity (Wildman–Crippen MR) is 71.9 cm³/mol. The highest BCUT2D eigenvalue weighted by atomic mass is 16.5. The van der Waals surface area contributed by atoms with Crippen molar-refractivity contribution in [1.82, 2.24) is 0 Å². The third kappa shape index (κ3) is 3.84. The van der Waals surface area contributed by atoms with Crippen LogP contribution in [-0.2, 0) is 9.53 Å². The van der Waals surface area contributed by atoms with Crippen LogP contribution in [0.5, 0.6) is 5.75 Å². The lowest BCUT2D eigenvalue weighted by Crippen LogP contribution is -2.17. The molecule has 1 aromatic carbocycles. The van der Waals surface area contributed by atoms with Crippen molar-refractivity contribution in [3.63, 3.8) is 0 Å². The largest absolute Gasteiger partial charge is 0.493 e. The lowest BCUT2D eigenvalue weighted by atomic mass is 10.0. The highest BCUT2D eigenvalue weighted by Gasteiger charge is 2.22. The van der Waals surface area contributed by atoms with E-state index in [0.717, 1.165) is 17.7 Å². The first-order chi connectivity index (χ1) is 8.74. The number of carbonyl (C=O) groups excluding carboxylic acids is 1. The monoisotopic (exact) mass is 250 g/mol. The molecule has 3 heteroatoms. The summed E-state index contributed by atoms with van der Waals surface area (Å²) in [5.74, 6) is 0.832. The Labute approximate surface area is 109 Å². The molecule has 1 rings (SSSR count). The lowest BCUT2D eigenvalue weighted by Gasteiger charge is -2.19. The Morgan fingerprint density at radius 1 is 1.22 bits per heavy atom. The Hall–Kier alpha value is -1.35. The second kappa shape index (κ2) is 7.88. The van der Waals surface area contributed by atoms with E-state index in [-0.39, 0.29) is 5.78 Å². The molecule has 0 radical (unpaired) electrons. The van der Waals surface area contributed by atoms with E-state index in [2.05, 4.69) is 0 Å². The van der Waals surface area contributed by atoms with Crippen LogP contribution in [0, 0.1) is 0 Å². The van der Waals surface area contributed by atoms with Crippen molar-refractivity contribution in [2.24, 2.45) is 0 Å². The third-order valence-corrected chi connectivity index (χ3v) is 2.63. The second-order valence-corrected chi connectivity index (χ2v) is 4.04. The maximum atomic E-state index is 12.0. The van der Waals surface area contributed by atoms with Gasteiger partial charge in [-0.25, -0.2) is 0 Å². The van der Waals surface area contributed by atoms with Crippen LogP contribution in [0.15, 0.2) is 24.3 Å². The molecule has 0 N–H and O–H groups in total. The zero-order chi connectivity index (χ0) is 13.4. The summed E-state index contributed by atoms with van der Waals surface area (Å²) in [6.45, 7) is 6.98. The molecule has 1 atom stereocenters. The molecule has 3 nitrogen and oxygen atoms in total. The molecular formula is C15H22O3. The van der Waals surface area contributed by atoms with Gasteiger partial charge in [0.05, 0.1) is 6.61 Å². The van der Waals surface area contributed by atoms with Crippen LogP contribution in [0.25, 0.3) is 0 Å². The quantitative estimate of drug-likeness (QED) is 0.708. The van der Waals surface area contributed by atoms with E-state index < -0.39 is 6.10 Å². The van der Waals surface area contributed by atoms with Gasteiger partial charge in [0, 0.05) is 18.6 Å². The van der Waals surface area contributed by atoms with Crippen LogP contribution in [-0.4, -0.2) is 19.0 Å². The molecular weight excluding hydrogens is 228 g/mol. The predicted octanol–water partition coefficient (Wildman–Crippen LogP) is 3.53. The molecule has 0 heterocycles. The number of Topliss-reactive ketones (excluding diaryl/α,β-unsaturated/α-hetero) is 1. The minimum Gasteiger partial charge on any atom is -0.493 e. The third-order valence-electron chi connectivity index (χ3n) is 2.63. The molecule has 0 saturated heterocycles. The standard InChI is InChI=1S/C15H22O3/c1-4-11-18-15(13(16)5-2)12-9-7-8-10-14(12)17-6-3/h7-10,15H,4-6,11H2,1-3H3. The van der Waals surface area contributed by atoms with Gasteiger partial charge in [-0.05, 0) is 19.4 Å². The van der Waals surface area contributed by atoms with Crippen LogP contribution in [0.3, 0.4) is 0 Å². The first kappa shape index (κ1) is 14.7. The summed E-state index contributed by atoms with van der Waals surface area (Å²) in [7, 11) is 0. The molecule has 0 spiro atoms. The molecule has 0 aliphatic rings. The summed E-state index contributed by atoms with van der Waals surface area (Å²) in [5, 5.41) is 0.